The van der Waals surface area contributed by atoms with Crippen LogP contribution in [0.4, 0.5) is 0 Å². The summed E-state index contributed by atoms with van der Waals surface area (Å²) in [5, 5.41) is 3.64. The largest absolute Gasteiger partial charge is 0.487 e. The molecular weight excluding hydrogens is 234 g/mol. The van der Waals surface area contributed by atoms with Crippen molar-refractivity contribution in [2.24, 2.45) is 11.8 Å². The molecule has 4 aliphatic carbocycles. The first kappa shape index (κ1) is 11.8. The average Bonchev–Trinajstić information content (AvgIpc) is 2.38. The molecule has 4 aliphatic rings. The molecule has 19 heavy (non-hydrogen) atoms. The summed E-state index contributed by atoms with van der Waals surface area (Å²) in [6.45, 7) is 0. The molecule has 1 N–H and O–H groups in total. The number of rotatable bonds is 3. The van der Waals surface area contributed by atoms with Gasteiger partial charge in [0.25, 0.3) is 0 Å². The Balaban J connectivity index is 1.64. The van der Waals surface area contributed by atoms with E-state index in [0.29, 0.717) is 5.54 Å². The molecule has 2 unspecified atom stereocenters. The lowest BCUT2D eigenvalue weighted by Gasteiger charge is -2.61. The second-order valence-corrected chi connectivity index (χ2v) is 7.09. The van der Waals surface area contributed by atoms with Crippen LogP contribution in [0.1, 0.15) is 38.5 Å². The Morgan fingerprint density at radius 1 is 1.05 bits per heavy atom. The summed E-state index contributed by atoms with van der Waals surface area (Å²) in [5.74, 6) is 2.80. The van der Waals surface area contributed by atoms with E-state index >= 15 is 0 Å². The van der Waals surface area contributed by atoms with Crippen molar-refractivity contribution in [3.63, 3.8) is 0 Å². The van der Waals surface area contributed by atoms with Crippen molar-refractivity contribution >= 4 is 0 Å². The molecule has 0 saturated heterocycles. The highest BCUT2D eigenvalue weighted by Crippen LogP contribution is 2.58. The number of ether oxygens (including phenoxy) is 1. The van der Waals surface area contributed by atoms with E-state index in [-0.39, 0.29) is 5.60 Å². The van der Waals surface area contributed by atoms with Gasteiger partial charge in [0, 0.05) is 12.0 Å². The highest BCUT2D eigenvalue weighted by Gasteiger charge is 2.58. The van der Waals surface area contributed by atoms with Crippen molar-refractivity contribution in [2.75, 3.05) is 7.05 Å². The Morgan fingerprint density at radius 2 is 1.74 bits per heavy atom. The molecule has 2 heteroatoms. The topological polar surface area (TPSA) is 21.3 Å². The number of hydrogen-bond acceptors (Lipinski definition) is 2. The number of benzene rings is 1. The van der Waals surface area contributed by atoms with Crippen molar-refractivity contribution in [1.29, 1.82) is 0 Å². The van der Waals surface area contributed by atoms with E-state index in [1.165, 1.54) is 38.5 Å². The van der Waals surface area contributed by atoms with Crippen molar-refractivity contribution in [1.82, 2.24) is 5.32 Å². The summed E-state index contributed by atoms with van der Waals surface area (Å²) in [6.07, 6.45) is 7.88. The summed E-state index contributed by atoms with van der Waals surface area (Å²) < 4.78 is 6.50. The molecule has 0 heterocycles. The van der Waals surface area contributed by atoms with Crippen molar-refractivity contribution in [3.05, 3.63) is 30.3 Å². The fraction of sp³-hybridized carbons (Fsp3) is 0.647. The number of para-hydroxylation sites is 1. The standard InChI is InChI=1S/C17H23NO/c1-18-16-8-13-7-14(9-16)11-17(10-13,12-16)19-15-5-3-2-4-6-15/h2-6,13-14,18H,7-12H2,1H3. The molecule has 5 rings (SSSR count). The first-order valence-electron chi connectivity index (χ1n) is 7.64. The minimum atomic E-state index is 0.106. The van der Waals surface area contributed by atoms with Gasteiger partial charge in [0.2, 0.25) is 0 Å². The van der Waals surface area contributed by atoms with Crippen molar-refractivity contribution < 1.29 is 4.74 Å². The van der Waals surface area contributed by atoms with E-state index in [2.05, 4.69) is 42.7 Å². The number of nitrogens with one attached hydrogen (secondary N) is 1. The normalized spacial score (nSPS) is 43.4. The smallest absolute Gasteiger partial charge is 0.120 e. The van der Waals surface area contributed by atoms with E-state index < -0.39 is 0 Å². The van der Waals surface area contributed by atoms with Gasteiger partial charge >= 0.3 is 0 Å². The molecule has 0 amide bonds. The third-order valence-corrected chi connectivity index (χ3v) is 5.62. The predicted molar refractivity (Wildman–Crippen MR) is 76.3 cm³/mol. The van der Waals surface area contributed by atoms with Crippen LogP contribution in [0.5, 0.6) is 5.75 Å². The van der Waals surface area contributed by atoms with E-state index in [1.807, 2.05) is 0 Å². The van der Waals surface area contributed by atoms with Crippen LogP contribution in [0, 0.1) is 11.8 Å². The number of hydrogen-bond donors (Lipinski definition) is 1. The molecule has 4 fully saturated rings. The average molecular weight is 257 g/mol. The van der Waals surface area contributed by atoms with E-state index in [4.69, 9.17) is 4.74 Å². The van der Waals surface area contributed by atoms with Crippen LogP contribution in [0.3, 0.4) is 0 Å². The molecule has 4 bridgehead atoms. The van der Waals surface area contributed by atoms with Crippen LogP contribution in [-0.4, -0.2) is 18.2 Å². The highest BCUT2D eigenvalue weighted by molar-refractivity contribution is 5.24. The molecule has 0 aromatic heterocycles. The minimum absolute atomic E-state index is 0.106. The molecule has 102 valence electrons. The third kappa shape index (κ3) is 1.88. The molecule has 1 aromatic carbocycles. The quantitative estimate of drug-likeness (QED) is 0.896. The van der Waals surface area contributed by atoms with Gasteiger partial charge in [-0.25, -0.2) is 0 Å². The van der Waals surface area contributed by atoms with Crippen LogP contribution in [0.2, 0.25) is 0 Å². The second kappa shape index (κ2) is 3.99. The first-order valence-corrected chi connectivity index (χ1v) is 7.64. The van der Waals surface area contributed by atoms with E-state index in [9.17, 15) is 0 Å². The van der Waals surface area contributed by atoms with Crippen LogP contribution in [0.25, 0.3) is 0 Å². The Kier molecular flexibility index (Phi) is 2.47. The Labute approximate surface area is 115 Å². The van der Waals surface area contributed by atoms with Crippen molar-refractivity contribution in [2.45, 2.75) is 49.7 Å². The van der Waals surface area contributed by atoms with Crippen LogP contribution in [0.15, 0.2) is 30.3 Å². The van der Waals surface area contributed by atoms with Gasteiger partial charge in [0.05, 0.1) is 0 Å². The maximum atomic E-state index is 6.50. The maximum Gasteiger partial charge on any atom is 0.120 e. The summed E-state index contributed by atoms with van der Waals surface area (Å²) in [6, 6.07) is 10.4. The monoisotopic (exact) mass is 257 g/mol. The Morgan fingerprint density at radius 3 is 2.37 bits per heavy atom. The third-order valence-electron chi connectivity index (χ3n) is 5.62. The zero-order chi connectivity index (χ0) is 12.9. The second-order valence-electron chi connectivity index (χ2n) is 7.09. The fourth-order valence-corrected chi connectivity index (χ4v) is 5.33. The molecule has 0 aliphatic heterocycles. The van der Waals surface area contributed by atoms with E-state index in [1.54, 1.807) is 0 Å². The summed E-state index contributed by atoms with van der Waals surface area (Å²) in [4.78, 5) is 0. The maximum absolute atomic E-state index is 6.50. The van der Waals surface area contributed by atoms with Gasteiger partial charge in [-0.15, -0.1) is 0 Å². The summed E-state index contributed by atoms with van der Waals surface area (Å²) >= 11 is 0. The van der Waals surface area contributed by atoms with Gasteiger partial charge in [-0.3, -0.25) is 0 Å². The molecule has 0 radical (unpaired) electrons. The molecule has 0 spiro atoms. The Hall–Kier alpha value is -1.02. The van der Waals surface area contributed by atoms with Crippen LogP contribution >= 0.6 is 0 Å². The van der Waals surface area contributed by atoms with Gasteiger partial charge < -0.3 is 10.1 Å². The van der Waals surface area contributed by atoms with E-state index in [0.717, 1.165) is 17.6 Å². The van der Waals surface area contributed by atoms with Gasteiger partial charge in [0.1, 0.15) is 11.4 Å². The lowest BCUT2D eigenvalue weighted by Crippen LogP contribution is -2.65. The van der Waals surface area contributed by atoms with Gasteiger partial charge in [0.15, 0.2) is 0 Å². The molecule has 2 atom stereocenters. The summed E-state index contributed by atoms with van der Waals surface area (Å²) in [7, 11) is 2.14. The SMILES string of the molecule is CNC12CC3CC(C1)CC(Oc1ccccc1)(C3)C2. The molecule has 1 aromatic rings. The zero-order valence-corrected chi connectivity index (χ0v) is 11.7. The lowest BCUT2D eigenvalue weighted by molar-refractivity contribution is -0.125. The lowest BCUT2D eigenvalue weighted by atomic mass is 9.51. The van der Waals surface area contributed by atoms with Gasteiger partial charge in [-0.2, -0.15) is 0 Å². The summed E-state index contributed by atoms with van der Waals surface area (Å²) in [5.41, 5.74) is 0.466. The minimum Gasteiger partial charge on any atom is -0.487 e. The zero-order valence-electron chi connectivity index (χ0n) is 11.7. The van der Waals surface area contributed by atoms with Gasteiger partial charge in [-0.1, -0.05) is 18.2 Å². The predicted octanol–water partition coefficient (Wildman–Crippen LogP) is 3.38. The van der Waals surface area contributed by atoms with Crippen molar-refractivity contribution in [3.8, 4) is 5.75 Å². The first-order chi connectivity index (χ1) is 9.21. The Bertz CT molecular complexity index is 455. The highest BCUT2D eigenvalue weighted by atomic mass is 16.5. The van der Waals surface area contributed by atoms with Crippen LogP contribution < -0.4 is 10.1 Å². The molecular formula is C17H23NO. The van der Waals surface area contributed by atoms with Crippen LogP contribution in [-0.2, 0) is 0 Å². The molecule has 2 nitrogen and oxygen atoms in total. The van der Waals surface area contributed by atoms with Gasteiger partial charge in [-0.05, 0) is 63.1 Å². The fourth-order valence-electron chi connectivity index (χ4n) is 5.33. The molecule has 4 saturated carbocycles.